The first kappa shape index (κ1) is 14.0. The molecule has 0 aliphatic carbocycles. The average Bonchev–Trinajstić information content (AvgIpc) is 2.21. The molecule has 0 fully saturated rings. The summed E-state index contributed by atoms with van der Waals surface area (Å²) in [6.45, 7) is 3.15. The van der Waals surface area contributed by atoms with Crippen molar-refractivity contribution >= 4 is 33.0 Å². The lowest BCUT2D eigenvalue weighted by Crippen LogP contribution is -2.32. The van der Waals surface area contributed by atoms with Crippen LogP contribution in [0.4, 0.5) is 5.69 Å². The molecular weight excluding hydrogens is 262 g/mol. The van der Waals surface area contributed by atoms with Crippen LogP contribution in [0.2, 0.25) is 5.02 Å². The molecule has 0 aliphatic rings. The number of anilines is 1. The van der Waals surface area contributed by atoms with E-state index in [0.29, 0.717) is 10.7 Å². The summed E-state index contributed by atoms with van der Waals surface area (Å²) in [5, 5.41) is 1.96. The predicted molar refractivity (Wildman–Crippen MR) is 69.1 cm³/mol. The van der Waals surface area contributed by atoms with E-state index in [2.05, 4.69) is 5.32 Å². The maximum Gasteiger partial charge on any atom is 0.242 e. The fourth-order valence-electron chi connectivity index (χ4n) is 1.16. The Hall–Kier alpha value is -1.07. The molecule has 6 heteroatoms. The highest BCUT2D eigenvalue weighted by atomic mass is 35.5. The quantitative estimate of drug-likeness (QED) is 0.918. The summed E-state index contributed by atoms with van der Waals surface area (Å²) in [4.78, 5) is 11.7. The van der Waals surface area contributed by atoms with Gasteiger partial charge in [0, 0.05) is 17.0 Å². The molecule has 1 rings (SSSR count). The van der Waals surface area contributed by atoms with Crippen molar-refractivity contribution in [2.75, 3.05) is 11.6 Å². The van der Waals surface area contributed by atoms with E-state index in [9.17, 15) is 13.2 Å². The highest BCUT2D eigenvalue weighted by Gasteiger charge is 2.23. The Kier molecular flexibility index (Phi) is 4.16. The summed E-state index contributed by atoms with van der Waals surface area (Å²) in [6, 6.07) is 5.04. The van der Waals surface area contributed by atoms with Gasteiger partial charge in [-0.1, -0.05) is 17.7 Å². The number of benzene rings is 1. The second kappa shape index (κ2) is 5.06. The molecule has 0 saturated carbocycles. The summed E-state index contributed by atoms with van der Waals surface area (Å²) in [7, 11) is -3.39. The maximum atomic E-state index is 11.7. The van der Waals surface area contributed by atoms with Gasteiger partial charge in [0.05, 0.1) is 0 Å². The molecule has 0 bridgehead atoms. The summed E-state index contributed by atoms with van der Waals surface area (Å²) in [6.07, 6.45) is 1.03. The van der Waals surface area contributed by atoms with Crippen LogP contribution in [0.25, 0.3) is 0 Å². The van der Waals surface area contributed by atoms with Crippen molar-refractivity contribution < 1.29 is 13.2 Å². The molecule has 1 aromatic rings. The first-order chi connectivity index (χ1) is 7.71. The molecule has 17 heavy (non-hydrogen) atoms. The maximum absolute atomic E-state index is 11.7. The number of aryl methyl sites for hydroxylation is 1. The Morgan fingerprint density at radius 3 is 2.53 bits per heavy atom. The molecule has 1 aromatic carbocycles. The van der Waals surface area contributed by atoms with Crippen molar-refractivity contribution in [2.45, 2.75) is 19.1 Å². The molecule has 1 atom stereocenters. The van der Waals surface area contributed by atoms with Crippen LogP contribution in [0, 0.1) is 6.92 Å². The highest BCUT2D eigenvalue weighted by Crippen LogP contribution is 2.20. The average molecular weight is 276 g/mol. The molecule has 0 heterocycles. The zero-order chi connectivity index (χ0) is 13.2. The van der Waals surface area contributed by atoms with Gasteiger partial charge in [-0.15, -0.1) is 0 Å². The molecule has 0 aromatic heterocycles. The lowest BCUT2D eigenvalue weighted by molar-refractivity contribution is -0.115. The Balaban J connectivity index is 2.92. The minimum absolute atomic E-state index is 0.484. The monoisotopic (exact) mass is 275 g/mol. The van der Waals surface area contributed by atoms with Crippen molar-refractivity contribution in [3.63, 3.8) is 0 Å². The first-order valence-corrected chi connectivity index (χ1v) is 7.31. The van der Waals surface area contributed by atoms with Gasteiger partial charge >= 0.3 is 0 Å². The van der Waals surface area contributed by atoms with Crippen molar-refractivity contribution in [1.29, 1.82) is 0 Å². The third-order valence-corrected chi connectivity index (χ3v) is 4.20. The van der Waals surface area contributed by atoms with E-state index in [1.54, 1.807) is 25.1 Å². The SMILES string of the molecule is Cc1ccc(Cl)cc1NC(=O)[C@H](C)S(C)(=O)=O. The molecule has 0 aliphatic heterocycles. The first-order valence-electron chi connectivity index (χ1n) is 4.97. The molecule has 0 unspecified atom stereocenters. The predicted octanol–water partition coefficient (Wildman–Crippen LogP) is 2.02. The molecule has 94 valence electrons. The van der Waals surface area contributed by atoms with E-state index >= 15 is 0 Å². The number of carbonyl (C=O) groups is 1. The van der Waals surface area contributed by atoms with Gasteiger partial charge in [0.15, 0.2) is 9.84 Å². The minimum Gasteiger partial charge on any atom is -0.325 e. The second-order valence-corrected chi connectivity index (χ2v) is 6.72. The lowest BCUT2D eigenvalue weighted by atomic mass is 10.2. The summed E-state index contributed by atoms with van der Waals surface area (Å²) >= 11 is 5.80. The van der Waals surface area contributed by atoms with Crippen LogP contribution in [0.5, 0.6) is 0 Å². The third-order valence-electron chi connectivity index (χ3n) is 2.47. The van der Waals surface area contributed by atoms with E-state index in [-0.39, 0.29) is 0 Å². The van der Waals surface area contributed by atoms with Gasteiger partial charge in [-0.3, -0.25) is 4.79 Å². The topological polar surface area (TPSA) is 63.2 Å². The molecular formula is C11H14ClNO3S. The Morgan fingerprint density at radius 1 is 1.41 bits per heavy atom. The van der Waals surface area contributed by atoms with Crippen LogP contribution in [0.15, 0.2) is 18.2 Å². The van der Waals surface area contributed by atoms with E-state index in [1.165, 1.54) is 6.92 Å². The fourth-order valence-corrected chi connectivity index (χ4v) is 1.78. The number of carbonyl (C=O) groups excluding carboxylic acids is 1. The van der Waals surface area contributed by atoms with Crippen molar-refractivity contribution in [2.24, 2.45) is 0 Å². The van der Waals surface area contributed by atoms with Gasteiger partial charge in [-0.2, -0.15) is 0 Å². The Labute approximate surface area is 106 Å². The fraction of sp³-hybridized carbons (Fsp3) is 0.364. The second-order valence-electron chi connectivity index (χ2n) is 3.92. The van der Waals surface area contributed by atoms with Crippen LogP contribution in [0.3, 0.4) is 0 Å². The molecule has 1 amide bonds. The number of sulfone groups is 1. The van der Waals surface area contributed by atoms with E-state index in [0.717, 1.165) is 11.8 Å². The number of hydrogen-bond donors (Lipinski definition) is 1. The number of halogens is 1. The third kappa shape index (κ3) is 3.71. The van der Waals surface area contributed by atoms with Crippen LogP contribution in [-0.2, 0) is 14.6 Å². The smallest absolute Gasteiger partial charge is 0.242 e. The van der Waals surface area contributed by atoms with E-state index < -0.39 is 21.0 Å². The van der Waals surface area contributed by atoms with E-state index in [4.69, 9.17) is 11.6 Å². The van der Waals surface area contributed by atoms with E-state index in [1.807, 2.05) is 0 Å². The molecule has 1 N–H and O–H groups in total. The number of nitrogens with one attached hydrogen (secondary N) is 1. The van der Waals surface area contributed by atoms with Gasteiger partial charge in [0.2, 0.25) is 5.91 Å². The minimum atomic E-state index is -3.39. The number of hydrogen-bond acceptors (Lipinski definition) is 3. The zero-order valence-corrected chi connectivity index (χ0v) is 11.4. The van der Waals surface area contributed by atoms with Crippen LogP contribution >= 0.6 is 11.6 Å². The Bertz CT molecular complexity index is 540. The Morgan fingerprint density at radius 2 is 2.00 bits per heavy atom. The summed E-state index contributed by atoms with van der Waals surface area (Å²) < 4.78 is 22.5. The standard InChI is InChI=1S/C11H14ClNO3S/c1-7-4-5-9(12)6-10(7)13-11(14)8(2)17(3,15)16/h4-6,8H,1-3H3,(H,13,14)/t8-/m0/s1. The van der Waals surface area contributed by atoms with Crippen molar-refractivity contribution in [3.8, 4) is 0 Å². The molecule has 0 saturated heterocycles. The number of amides is 1. The molecule has 0 spiro atoms. The van der Waals surface area contributed by atoms with Crippen LogP contribution in [0.1, 0.15) is 12.5 Å². The van der Waals surface area contributed by atoms with Gasteiger partial charge in [-0.25, -0.2) is 8.42 Å². The van der Waals surface area contributed by atoms with Crippen LogP contribution < -0.4 is 5.32 Å². The lowest BCUT2D eigenvalue weighted by Gasteiger charge is -2.12. The molecule has 0 radical (unpaired) electrons. The van der Waals surface area contributed by atoms with Crippen molar-refractivity contribution in [1.82, 2.24) is 0 Å². The molecule has 4 nitrogen and oxygen atoms in total. The van der Waals surface area contributed by atoms with Crippen molar-refractivity contribution in [3.05, 3.63) is 28.8 Å². The number of rotatable bonds is 3. The van der Waals surface area contributed by atoms with Crippen LogP contribution in [-0.4, -0.2) is 25.8 Å². The van der Waals surface area contributed by atoms with Gasteiger partial charge in [0.1, 0.15) is 5.25 Å². The summed E-state index contributed by atoms with van der Waals surface area (Å²) in [5.74, 6) is -0.558. The van der Waals surface area contributed by atoms with Gasteiger partial charge in [0.25, 0.3) is 0 Å². The normalized spacial score (nSPS) is 13.2. The van der Waals surface area contributed by atoms with Gasteiger partial charge in [-0.05, 0) is 31.5 Å². The summed E-state index contributed by atoms with van der Waals surface area (Å²) in [5.41, 5.74) is 1.35. The zero-order valence-electron chi connectivity index (χ0n) is 9.82. The highest BCUT2D eigenvalue weighted by molar-refractivity contribution is 7.92. The van der Waals surface area contributed by atoms with Gasteiger partial charge < -0.3 is 5.32 Å². The largest absolute Gasteiger partial charge is 0.325 e.